The predicted octanol–water partition coefficient (Wildman–Crippen LogP) is 1.26. The Morgan fingerprint density at radius 3 is 2.90 bits per heavy atom. The van der Waals surface area contributed by atoms with E-state index < -0.39 is 0 Å². The molecular formula is C16H25N3O2. The highest BCUT2D eigenvalue weighted by Crippen LogP contribution is 2.33. The minimum absolute atomic E-state index is 0.112. The molecule has 0 fully saturated rings. The number of methoxy groups -OCH3 is 1. The highest BCUT2D eigenvalue weighted by atomic mass is 16.5. The minimum atomic E-state index is 0.112. The van der Waals surface area contributed by atoms with Crippen molar-refractivity contribution < 1.29 is 9.53 Å². The number of rotatable bonds is 7. The van der Waals surface area contributed by atoms with E-state index in [0.717, 1.165) is 31.9 Å². The fourth-order valence-corrected chi connectivity index (χ4v) is 2.61. The van der Waals surface area contributed by atoms with Gasteiger partial charge in [0, 0.05) is 51.9 Å². The molecule has 1 aromatic rings. The van der Waals surface area contributed by atoms with Crippen LogP contribution < -0.4 is 10.2 Å². The van der Waals surface area contributed by atoms with E-state index in [1.807, 2.05) is 25.2 Å². The summed E-state index contributed by atoms with van der Waals surface area (Å²) in [5.41, 5.74) is 2.22. The molecule has 116 valence electrons. The summed E-state index contributed by atoms with van der Waals surface area (Å²) in [4.78, 5) is 16.0. The van der Waals surface area contributed by atoms with Crippen LogP contribution in [0.3, 0.4) is 0 Å². The first kappa shape index (κ1) is 15.9. The van der Waals surface area contributed by atoms with Gasteiger partial charge in [-0.3, -0.25) is 4.79 Å². The van der Waals surface area contributed by atoms with Gasteiger partial charge in [0.25, 0.3) is 0 Å². The first-order valence-electron chi connectivity index (χ1n) is 7.40. The number of para-hydroxylation sites is 1. The Kier molecular flexibility index (Phi) is 5.73. The number of likely N-dealkylation sites (N-methyl/N-ethyl adjacent to an activating group) is 1. The van der Waals surface area contributed by atoms with Crippen LogP contribution in [0.4, 0.5) is 5.69 Å². The predicted molar refractivity (Wildman–Crippen MR) is 84.6 cm³/mol. The summed E-state index contributed by atoms with van der Waals surface area (Å²) in [6.45, 7) is 3.45. The summed E-state index contributed by atoms with van der Waals surface area (Å²) >= 11 is 0. The Bertz CT molecular complexity index is 478. The van der Waals surface area contributed by atoms with Gasteiger partial charge >= 0.3 is 0 Å². The number of carbonyl (C=O) groups excluding carboxylic acids is 1. The number of anilines is 1. The van der Waals surface area contributed by atoms with Crippen molar-refractivity contribution in [2.45, 2.75) is 12.5 Å². The average Bonchev–Trinajstić information content (AvgIpc) is 2.50. The lowest BCUT2D eigenvalue weighted by molar-refractivity contribution is -0.119. The van der Waals surface area contributed by atoms with E-state index in [9.17, 15) is 4.79 Å². The Labute approximate surface area is 126 Å². The summed E-state index contributed by atoms with van der Waals surface area (Å²) in [6.07, 6.45) is 0.523. The SMILES string of the molecule is COCCN(C)CCNC1CC(=O)N(C)c2ccccc21. The molecule has 1 aromatic carbocycles. The number of benzene rings is 1. The van der Waals surface area contributed by atoms with Crippen molar-refractivity contribution in [1.82, 2.24) is 10.2 Å². The van der Waals surface area contributed by atoms with Gasteiger partial charge in [0.1, 0.15) is 0 Å². The number of ether oxygens (including phenoxy) is 1. The number of carbonyl (C=O) groups is 1. The summed E-state index contributed by atoms with van der Waals surface area (Å²) in [5, 5.41) is 3.51. The van der Waals surface area contributed by atoms with Gasteiger partial charge in [-0.2, -0.15) is 0 Å². The van der Waals surface area contributed by atoms with E-state index in [4.69, 9.17) is 4.74 Å². The highest BCUT2D eigenvalue weighted by Gasteiger charge is 2.28. The molecule has 1 N–H and O–H groups in total. The Morgan fingerprint density at radius 2 is 2.14 bits per heavy atom. The summed E-state index contributed by atoms with van der Waals surface area (Å²) in [7, 11) is 5.64. The van der Waals surface area contributed by atoms with Crippen LogP contribution in [0.2, 0.25) is 0 Å². The summed E-state index contributed by atoms with van der Waals surface area (Å²) in [5.74, 6) is 0.166. The molecule has 1 unspecified atom stereocenters. The molecule has 5 nitrogen and oxygen atoms in total. The second kappa shape index (κ2) is 7.54. The van der Waals surface area contributed by atoms with Gasteiger partial charge in [0.15, 0.2) is 0 Å². The van der Waals surface area contributed by atoms with E-state index >= 15 is 0 Å². The molecule has 0 aromatic heterocycles. The van der Waals surface area contributed by atoms with Gasteiger partial charge in [0.05, 0.1) is 6.61 Å². The number of hydrogen-bond acceptors (Lipinski definition) is 4. The van der Waals surface area contributed by atoms with Crippen LogP contribution >= 0.6 is 0 Å². The monoisotopic (exact) mass is 291 g/mol. The smallest absolute Gasteiger partial charge is 0.228 e. The van der Waals surface area contributed by atoms with E-state index in [2.05, 4.69) is 23.3 Å². The molecule has 0 saturated heterocycles. The van der Waals surface area contributed by atoms with E-state index in [0.29, 0.717) is 6.42 Å². The Balaban J connectivity index is 1.92. The van der Waals surface area contributed by atoms with Gasteiger partial charge in [-0.05, 0) is 18.7 Å². The molecule has 0 spiro atoms. The van der Waals surface area contributed by atoms with Crippen molar-refractivity contribution in [3.05, 3.63) is 29.8 Å². The number of hydrogen-bond donors (Lipinski definition) is 1. The van der Waals surface area contributed by atoms with Crippen molar-refractivity contribution in [1.29, 1.82) is 0 Å². The third-order valence-corrected chi connectivity index (χ3v) is 3.99. The van der Waals surface area contributed by atoms with Gasteiger partial charge in [-0.1, -0.05) is 18.2 Å². The Morgan fingerprint density at radius 1 is 1.38 bits per heavy atom. The third-order valence-electron chi connectivity index (χ3n) is 3.99. The number of amides is 1. The van der Waals surface area contributed by atoms with Crippen LogP contribution in [0.25, 0.3) is 0 Å². The fourth-order valence-electron chi connectivity index (χ4n) is 2.61. The van der Waals surface area contributed by atoms with Crippen molar-refractivity contribution >= 4 is 11.6 Å². The molecule has 1 heterocycles. The first-order valence-corrected chi connectivity index (χ1v) is 7.40. The van der Waals surface area contributed by atoms with Crippen LogP contribution in [-0.2, 0) is 9.53 Å². The molecule has 0 bridgehead atoms. The largest absolute Gasteiger partial charge is 0.383 e. The molecule has 1 aliphatic heterocycles. The standard InChI is InChI=1S/C16H25N3O2/c1-18(10-11-21-3)9-8-17-14-12-16(20)19(2)15-7-5-4-6-13(14)15/h4-7,14,17H,8-12H2,1-3H3. The molecule has 0 saturated carbocycles. The van der Waals surface area contributed by atoms with Crippen molar-refractivity contribution in [2.24, 2.45) is 0 Å². The van der Waals surface area contributed by atoms with Gasteiger partial charge in [0.2, 0.25) is 5.91 Å². The summed E-state index contributed by atoms with van der Waals surface area (Å²) in [6, 6.07) is 8.22. The molecule has 21 heavy (non-hydrogen) atoms. The van der Waals surface area contributed by atoms with E-state index in [1.165, 1.54) is 5.56 Å². The van der Waals surface area contributed by atoms with Crippen LogP contribution in [0, 0.1) is 0 Å². The van der Waals surface area contributed by atoms with Crippen LogP contribution in [0.1, 0.15) is 18.0 Å². The topological polar surface area (TPSA) is 44.8 Å². The third kappa shape index (κ3) is 4.03. The first-order chi connectivity index (χ1) is 10.1. The highest BCUT2D eigenvalue weighted by molar-refractivity contribution is 5.96. The molecule has 1 atom stereocenters. The second-order valence-electron chi connectivity index (χ2n) is 5.52. The minimum Gasteiger partial charge on any atom is -0.383 e. The summed E-state index contributed by atoms with van der Waals surface area (Å²) < 4.78 is 5.07. The lowest BCUT2D eigenvalue weighted by atomic mass is 9.96. The number of fused-ring (bicyclic) bond motifs is 1. The molecular weight excluding hydrogens is 266 g/mol. The second-order valence-corrected chi connectivity index (χ2v) is 5.52. The zero-order valence-corrected chi connectivity index (χ0v) is 13.1. The molecule has 2 rings (SSSR count). The van der Waals surface area contributed by atoms with Gasteiger partial charge in [-0.25, -0.2) is 0 Å². The van der Waals surface area contributed by atoms with E-state index in [1.54, 1.807) is 12.0 Å². The van der Waals surface area contributed by atoms with Gasteiger partial charge in [-0.15, -0.1) is 0 Å². The van der Waals surface area contributed by atoms with Crippen molar-refractivity contribution in [3.8, 4) is 0 Å². The maximum absolute atomic E-state index is 12.1. The maximum Gasteiger partial charge on any atom is 0.228 e. The molecule has 0 aliphatic carbocycles. The zero-order valence-electron chi connectivity index (χ0n) is 13.1. The molecule has 0 radical (unpaired) electrons. The van der Waals surface area contributed by atoms with Crippen LogP contribution in [-0.4, -0.2) is 58.3 Å². The normalized spacial score (nSPS) is 18.2. The Hall–Kier alpha value is -1.43. The lowest BCUT2D eigenvalue weighted by Gasteiger charge is -2.32. The average molecular weight is 291 g/mol. The lowest BCUT2D eigenvalue weighted by Crippen LogP contribution is -2.40. The molecule has 1 amide bonds. The van der Waals surface area contributed by atoms with Crippen molar-refractivity contribution in [2.75, 3.05) is 52.3 Å². The van der Waals surface area contributed by atoms with Crippen molar-refractivity contribution in [3.63, 3.8) is 0 Å². The fraction of sp³-hybridized carbons (Fsp3) is 0.562. The maximum atomic E-state index is 12.1. The zero-order chi connectivity index (χ0) is 15.2. The molecule has 5 heteroatoms. The van der Waals surface area contributed by atoms with Crippen LogP contribution in [0.15, 0.2) is 24.3 Å². The molecule has 1 aliphatic rings. The quantitative estimate of drug-likeness (QED) is 0.821. The van der Waals surface area contributed by atoms with Crippen LogP contribution in [0.5, 0.6) is 0 Å². The number of nitrogens with one attached hydrogen (secondary N) is 1. The number of nitrogens with zero attached hydrogens (tertiary/aromatic N) is 2. The van der Waals surface area contributed by atoms with Gasteiger partial charge < -0.3 is 19.9 Å². The van der Waals surface area contributed by atoms with E-state index in [-0.39, 0.29) is 11.9 Å².